The molecule has 0 aliphatic heterocycles. The van der Waals surface area contributed by atoms with Crippen molar-refractivity contribution in [3.05, 3.63) is 51.8 Å². The van der Waals surface area contributed by atoms with Gasteiger partial charge in [-0.05, 0) is 50.8 Å². The molecule has 3 aromatic rings. The number of esters is 1. The Kier molecular flexibility index (Phi) is 3.99. The van der Waals surface area contributed by atoms with E-state index < -0.39 is 5.97 Å². The zero-order chi connectivity index (χ0) is 17.4. The van der Waals surface area contributed by atoms with Gasteiger partial charge < -0.3 is 9.15 Å². The molecule has 1 aliphatic rings. The van der Waals surface area contributed by atoms with Gasteiger partial charge in [-0.25, -0.2) is 9.78 Å². The summed E-state index contributed by atoms with van der Waals surface area (Å²) in [4.78, 5) is 29.6. The molecule has 4 rings (SSSR count). The number of hydrogen-bond acceptors (Lipinski definition) is 5. The molecule has 25 heavy (non-hydrogen) atoms. The van der Waals surface area contributed by atoms with Crippen LogP contribution in [0.15, 0.2) is 39.5 Å². The van der Waals surface area contributed by atoms with E-state index in [4.69, 9.17) is 9.15 Å². The second-order valence-electron chi connectivity index (χ2n) is 6.57. The van der Waals surface area contributed by atoms with E-state index in [1.54, 1.807) is 37.3 Å². The lowest BCUT2D eigenvalue weighted by Crippen LogP contribution is -2.22. The number of carbonyl (C=O) groups is 1. The van der Waals surface area contributed by atoms with Crippen LogP contribution in [0.25, 0.3) is 22.1 Å². The van der Waals surface area contributed by atoms with Crippen molar-refractivity contribution in [2.45, 2.75) is 45.1 Å². The van der Waals surface area contributed by atoms with Crippen LogP contribution < -0.4 is 5.43 Å². The Hall–Kier alpha value is -2.69. The Balaban J connectivity index is 1.77. The van der Waals surface area contributed by atoms with Crippen molar-refractivity contribution < 1.29 is 13.9 Å². The van der Waals surface area contributed by atoms with Gasteiger partial charge >= 0.3 is 5.97 Å². The number of carbonyl (C=O) groups excluding carboxylic acids is 1. The normalized spacial score (nSPS) is 15.6. The van der Waals surface area contributed by atoms with Gasteiger partial charge in [-0.15, -0.1) is 0 Å². The molecule has 1 aromatic carbocycles. The molecule has 0 spiro atoms. The maximum atomic E-state index is 12.7. The van der Waals surface area contributed by atoms with Crippen LogP contribution in [-0.2, 0) is 4.74 Å². The molecule has 0 amide bonds. The van der Waals surface area contributed by atoms with Crippen molar-refractivity contribution in [1.29, 1.82) is 0 Å². The van der Waals surface area contributed by atoms with Crippen LogP contribution in [-0.4, -0.2) is 17.1 Å². The summed E-state index contributed by atoms with van der Waals surface area (Å²) in [5.74, 6) is -0.411. The van der Waals surface area contributed by atoms with E-state index in [0.717, 1.165) is 25.7 Å². The average Bonchev–Trinajstić information content (AvgIpc) is 2.62. The summed E-state index contributed by atoms with van der Waals surface area (Å²) in [5, 5.41) is 0.784. The second-order valence-corrected chi connectivity index (χ2v) is 6.57. The number of nitrogens with zero attached hydrogens (tertiary/aromatic N) is 1. The summed E-state index contributed by atoms with van der Waals surface area (Å²) in [6, 6.07) is 8.59. The predicted octanol–water partition coefficient (Wildman–Crippen LogP) is 4.14. The average molecular weight is 337 g/mol. The van der Waals surface area contributed by atoms with Crippen LogP contribution in [0.3, 0.4) is 0 Å². The minimum atomic E-state index is -0.411. The molecule has 0 atom stereocenters. The molecule has 1 aliphatic carbocycles. The summed E-state index contributed by atoms with van der Waals surface area (Å²) in [5.41, 5.74) is 1.39. The number of fused-ring (bicyclic) bond motifs is 2. The summed E-state index contributed by atoms with van der Waals surface area (Å²) < 4.78 is 11.4. The molecule has 1 saturated carbocycles. The first-order valence-corrected chi connectivity index (χ1v) is 8.67. The van der Waals surface area contributed by atoms with Crippen molar-refractivity contribution in [1.82, 2.24) is 4.98 Å². The molecule has 0 N–H and O–H groups in total. The topological polar surface area (TPSA) is 69.4 Å². The SMILES string of the molecule is Cc1nc2oc3ccccc3c(=O)c2cc1C(=O)OC1CCCCC1. The Morgan fingerprint density at radius 2 is 1.92 bits per heavy atom. The van der Waals surface area contributed by atoms with E-state index in [-0.39, 0.29) is 17.2 Å². The van der Waals surface area contributed by atoms with Gasteiger partial charge in [0, 0.05) is 0 Å². The van der Waals surface area contributed by atoms with E-state index in [1.807, 2.05) is 0 Å². The van der Waals surface area contributed by atoms with Crippen LogP contribution in [0.5, 0.6) is 0 Å². The fourth-order valence-electron chi connectivity index (χ4n) is 3.42. The fourth-order valence-corrected chi connectivity index (χ4v) is 3.42. The van der Waals surface area contributed by atoms with Crippen LogP contribution in [0, 0.1) is 6.92 Å². The molecule has 0 bridgehead atoms. The number of rotatable bonds is 2. The Labute approximate surface area is 144 Å². The van der Waals surface area contributed by atoms with E-state index in [0.29, 0.717) is 27.6 Å². The quantitative estimate of drug-likeness (QED) is 0.519. The molecule has 5 nitrogen and oxygen atoms in total. The molecule has 2 heterocycles. The van der Waals surface area contributed by atoms with Gasteiger partial charge in [0.25, 0.3) is 0 Å². The van der Waals surface area contributed by atoms with Crippen molar-refractivity contribution in [3.8, 4) is 0 Å². The van der Waals surface area contributed by atoms with E-state index in [1.165, 1.54) is 6.42 Å². The van der Waals surface area contributed by atoms with Gasteiger partial charge in [0.15, 0.2) is 0 Å². The van der Waals surface area contributed by atoms with Crippen molar-refractivity contribution >= 4 is 28.0 Å². The van der Waals surface area contributed by atoms with E-state index in [9.17, 15) is 9.59 Å². The molecule has 0 radical (unpaired) electrons. The molecule has 0 saturated heterocycles. The van der Waals surface area contributed by atoms with Crippen LogP contribution >= 0.6 is 0 Å². The number of aryl methyl sites for hydroxylation is 1. The number of para-hydroxylation sites is 1. The number of hydrogen-bond donors (Lipinski definition) is 0. The Morgan fingerprint density at radius 1 is 1.16 bits per heavy atom. The van der Waals surface area contributed by atoms with E-state index >= 15 is 0 Å². The first-order valence-electron chi connectivity index (χ1n) is 8.67. The highest BCUT2D eigenvalue weighted by atomic mass is 16.5. The van der Waals surface area contributed by atoms with Crippen LogP contribution in [0.2, 0.25) is 0 Å². The molecule has 2 aromatic heterocycles. The third-order valence-corrected chi connectivity index (χ3v) is 4.81. The minimum Gasteiger partial charge on any atom is -0.459 e. The van der Waals surface area contributed by atoms with Crippen LogP contribution in [0.1, 0.15) is 48.2 Å². The van der Waals surface area contributed by atoms with Crippen molar-refractivity contribution in [3.63, 3.8) is 0 Å². The van der Waals surface area contributed by atoms with E-state index in [2.05, 4.69) is 4.98 Å². The Morgan fingerprint density at radius 3 is 2.72 bits per heavy atom. The molecule has 128 valence electrons. The predicted molar refractivity (Wildman–Crippen MR) is 94.8 cm³/mol. The Bertz CT molecular complexity index is 1020. The standard InChI is InChI=1S/C20H19NO4/c1-12-15(20(23)24-13-7-3-2-4-8-13)11-16-18(22)14-9-5-6-10-17(14)25-19(16)21-12/h5-6,9-11,13H,2-4,7-8H2,1H3. The first-order chi connectivity index (χ1) is 12.1. The van der Waals surface area contributed by atoms with Gasteiger partial charge in [-0.3, -0.25) is 4.79 Å². The third-order valence-electron chi connectivity index (χ3n) is 4.81. The number of pyridine rings is 1. The van der Waals surface area contributed by atoms with Gasteiger partial charge in [0.2, 0.25) is 11.1 Å². The summed E-state index contributed by atoms with van der Waals surface area (Å²) in [6.07, 6.45) is 5.13. The monoisotopic (exact) mass is 337 g/mol. The lowest BCUT2D eigenvalue weighted by Gasteiger charge is -2.22. The maximum Gasteiger partial charge on any atom is 0.340 e. The third kappa shape index (κ3) is 2.90. The van der Waals surface area contributed by atoms with Gasteiger partial charge in [0.1, 0.15) is 11.7 Å². The molecular formula is C20H19NO4. The molecule has 0 unspecified atom stereocenters. The zero-order valence-electron chi connectivity index (χ0n) is 14.1. The molecule has 5 heteroatoms. The number of ether oxygens (including phenoxy) is 1. The van der Waals surface area contributed by atoms with Gasteiger partial charge in [-0.1, -0.05) is 18.6 Å². The maximum absolute atomic E-state index is 12.7. The highest BCUT2D eigenvalue weighted by Crippen LogP contribution is 2.24. The number of aromatic nitrogens is 1. The second kappa shape index (κ2) is 6.31. The highest BCUT2D eigenvalue weighted by Gasteiger charge is 2.22. The zero-order valence-corrected chi connectivity index (χ0v) is 14.1. The smallest absolute Gasteiger partial charge is 0.340 e. The van der Waals surface area contributed by atoms with Gasteiger partial charge in [-0.2, -0.15) is 0 Å². The lowest BCUT2D eigenvalue weighted by atomic mass is 9.98. The number of benzene rings is 1. The lowest BCUT2D eigenvalue weighted by molar-refractivity contribution is 0.0210. The molecular weight excluding hydrogens is 318 g/mol. The minimum absolute atomic E-state index is 0.0376. The first kappa shape index (κ1) is 15.8. The summed E-state index contributed by atoms with van der Waals surface area (Å²) in [7, 11) is 0. The summed E-state index contributed by atoms with van der Waals surface area (Å²) in [6.45, 7) is 1.73. The molecule has 1 fully saturated rings. The largest absolute Gasteiger partial charge is 0.459 e. The fraction of sp³-hybridized carbons (Fsp3) is 0.350. The van der Waals surface area contributed by atoms with Crippen molar-refractivity contribution in [2.75, 3.05) is 0 Å². The van der Waals surface area contributed by atoms with Crippen molar-refractivity contribution in [2.24, 2.45) is 0 Å². The van der Waals surface area contributed by atoms with Gasteiger partial charge in [0.05, 0.1) is 22.0 Å². The van der Waals surface area contributed by atoms with Crippen LogP contribution in [0.4, 0.5) is 0 Å². The summed E-state index contributed by atoms with van der Waals surface area (Å²) >= 11 is 0. The highest BCUT2D eigenvalue weighted by molar-refractivity contribution is 5.96.